The van der Waals surface area contributed by atoms with Crippen LogP contribution >= 0.6 is 38.9 Å². The minimum Gasteiger partial charge on any atom is -0.307 e. The Balaban J connectivity index is 2.11. The van der Waals surface area contributed by atoms with E-state index in [2.05, 4.69) is 44.7 Å². The molecule has 0 aliphatic carbocycles. The molecule has 0 fully saturated rings. The maximum Gasteiger partial charge on any atom is 0.159 e. The van der Waals surface area contributed by atoms with Gasteiger partial charge in [-0.25, -0.2) is 4.98 Å². The Labute approximate surface area is 140 Å². The number of aryl methyl sites for hydroxylation is 2. The summed E-state index contributed by atoms with van der Waals surface area (Å²) in [5.74, 6) is 1.31. The Morgan fingerprint density at radius 3 is 2.81 bits per heavy atom. The average molecular weight is 388 g/mol. The quantitative estimate of drug-likeness (QED) is 0.611. The molecule has 112 valence electrons. The summed E-state index contributed by atoms with van der Waals surface area (Å²) in [7, 11) is 1.97. The molecule has 0 unspecified atom stereocenters. The second kappa shape index (κ2) is 6.10. The maximum absolute atomic E-state index is 6.09. The van der Waals surface area contributed by atoms with Crippen molar-refractivity contribution < 1.29 is 0 Å². The summed E-state index contributed by atoms with van der Waals surface area (Å²) in [5.41, 5.74) is 3.11. The number of aromatic nitrogens is 4. The number of fused-ring (bicyclic) bond motifs is 1. The lowest BCUT2D eigenvalue weighted by molar-refractivity contribution is 0.696. The van der Waals surface area contributed by atoms with Gasteiger partial charge < -0.3 is 4.57 Å². The van der Waals surface area contributed by atoms with Crippen LogP contribution in [0.3, 0.4) is 0 Å². The molecule has 4 nitrogen and oxygen atoms in total. The van der Waals surface area contributed by atoms with Gasteiger partial charge in [0.25, 0.3) is 0 Å². The summed E-state index contributed by atoms with van der Waals surface area (Å²) in [6, 6.07) is 4.20. The molecule has 0 amide bonds. The van der Waals surface area contributed by atoms with Gasteiger partial charge in [-0.2, -0.15) is 5.10 Å². The first-order chi connectivity index (χ1) is 10.1. The average Bonchev–Trinajstić information content (AvgIpc) is 3.09. The summed E-state index contributed by atoms with van der Waals surface area (Å²) < 4.78 is 5.23. The predicted octanol–water partition coefficient (Wildman–Crippen LogP) is 4.33. The Morgan fingerprint density at radius 1 is 1.38 bits per heavy atom. The van der Waals surface area contributed by atoms with Crippen molar-refractivity contribution in [3.05, 3.63) is 32.3 Å². The number of imidazole rings is 1. The van der Waals surface area contributed by atoms with Gasteiger partial charge in [-0.05, 0) is 34.5 Å². The zero-order valence-corrected chi connectivity index (χ0v) is 15.1. The Kier molecular flexibility index (Phi) is 4.38. The van der Waals surface area contributed by atoms with Crippen LogP contribution in [0, 0.1) is 0 Å². The van der Waals surface area contributed by atoms with Crippen LogP contribution in [-0.4, -0.2) is 19.3 Å². The van der Waals surface area contributed by atoms with E-state index in [9.17, 15) is 0 Å². The highest BCUT2D eigenvalue weighted by Crippen LogP contribution is 2.27. The molecule has 0 aliphatic heterocycles. The molecule has 0 aliphatic rings. The second-order valence-corrected chi connectivity index (χ2v) is 7.76. The van der Waals surface area contributed by atoms with Gasteiger partial charge in [0, 0.05) is 11.9 Å². The summed E-state index contributed by atoms with van der Waals surface area (Å²) >= 11 is 11.3. The molecule has 0 N–H and O–H groups in total. The first-order valence-electron chi connectivity index (χ1n) is 6.85. The van der Waals surface area contributed by atoms with Gasteiger partial charge in [0.15, 0.2) is 5.65 Å². The number of nitrogens with zero attached hydrogens (tertiary/aromatic N) is 4. The first kappa shape index (κ1) is 15.1. The first-order valence-corrected chi connectivity index (χ1v) is 8.99. The summed E-state index contributed by atoms with van der Waals surface area (Å²) in [4.78, 5) is 5.98. The van der Waals surface area contributed by atoms with Crippen LogP contribution < -0.4 is 0 Å². The fraction of sp³-hybridized carbons (Fsp3) is 0.429. The lowest BCUT2D eigenvalue weighted by Gasteiger charge is -2.06. The largest absolute Gasteiger partial charge is 0.307 e. The van der Waals surface area contributed by atoms with Crippen LogP contribution in [-0.2, 0) is 25.9 Å². The van der Waals surface area contributed by atoms with Gasteiger partial charge >= 0.3 is 0 Å². The van der Waals surface area contributed by atoms with Crippen molar-refractivity contribution in [2.75, 3.05) is 0 Å². The minimum atomic E-state index is 0.410. The van der Waals surface area contributed by atoms with Crippen molar-refractivity contribution >= 4 is 50.0 Å². The van der Waals surface area contributed by atoms with E-state index in [1.165, 1.54) is 4.88 Å². The number of thiophene rings is 1. The zero-order chi connectivity index (χ0) is 15.0. The van der Waals surface area contributed by atoms with E-state index in [1.807, 2.05) is 11.7 Å². The highest BCUT2D eigenvalue weighted by Gasteiger charge is 2.18. The van der Waals surface area contributed by atoms with Gasteiger partial charge in [-0.15, -0.1) is 22.9 Å². The van der Waals surface area contributed by atoms with Crippen LogP contribution in [0.25, 0.3) is 11.2 Å². The van der Waals surface area contributed by atoms with Crippen molar-refractivity contribution in [1.29, 1.82) is 0 Å². The Hall–Kier alpha value is -0.850. The number of hydrogen-bond acceptors (Lipinski definition) is 3. The highest BCUT2D eigenvalue weighted by atomic mass is 79.9. The van der Waals surface area contributed by atoms with Gasteiger partial charge in [-0.3, -0.25) is 4.68 Å². The molecule has 0 spiro atoms. The summed E-state index contributed by atoms with van der Waals surface area (Å²) in [5, 5.41) is 4.61. The molecule has 7 heteroatoms. The lowest BCUT2D eigenvalue weighted by atomic mass is 10.2. The Bertz CT molecular complexity index is 773. The monoisotopic (exact) mass is 386 g/mol. The van der Waals surface area contributed by atoms with Gasteiger partial charge in [0.1, 0.15) is 11.3 Å². The Morgan fingerprint density at radius 2 is 2.19 bits per heavy atom. The molecule has 3 heterocycles. The smallest absolute Gasteiger partial charge is 0.159 e. The normalized spacial score (nSPS) is 11.6. The molecule has 0 bridgehead atoms. The number of halogens is 2. The third-order valence-corrected chi connectivity index (χ3v) is 5.27. The van der Waals surface area contributed by atoms with Crippen LogP contribution in [0.1, 0.15) is 29.7 Å². The van der Waals surface area contributed by atoms with Crippen LogP contribution in [0.15, 0.2) is 15.9 Å². The summed E-state index contributed by atoms with van der Waals surface area (Å²) in [6.45, 7) is 2.93. The van der Waals surface area contributed by atoms with E-state index in [-0.39, 0.29) is 0 Å². The highest BCUT2D eigenvalue weighted by molar-refractivity contribution is 9.11. The third kappa shape index (κ3) is 2.76. The number of alkyl halides is 1. The molecular weight excluding hydrogens is 372 g/mol. The summed E-state index contributed by atoms with van der Waals surface area (Å²) in [6.07, 6.45) is 2.01. The fourth-order valence-electron chi connectivity index (χ4n) is 2.55. The molecular formula is C14H16BrClN4S. The number of hydrogen-bond donors (Lipinski definition) is 0. The van der Waals surface area contributed by atoms with Crippen molar-refractivity contribution in [2.45, 2.75) is 32.2 Å². The third-order valence-electron chi connectivity index (χ3n) is 3.42. The van der Waals surface area contributed by atoms with Crippen LogP contribution in [0.4, 0.5) is 0 Å². The van der Waals surface area contributed by atoms with E-state index >= 15 is 0 Å². The lowest BCUT2D eigenvalue weighted by Crippen LogP contribution is -2.06. The van der Waals surface area contributed by atoms with E-state index in [4.69, 9.17) is 16.6 Å². The SMILES string of the molecule is CCCc1nn(C)c2c1nc(CCl)n2Cc1ccc(Br)s1. The van der Waals surface area contributed by atoms with Gasteiger partial charge in [0.05, 0.1) is 21.9 Å². The minimum absolute atomic E-state index is 0.410. The molecule has 0 atom stereocenters. The maximum atomic E-state index is 6.09. The van der Waals surface area contributed by atoms with E-state index in [1.54, 1.807) is 11.3 Å². The topological polar surface area (TPSA) is 35.6 Å². The second-order valence-electron chi connectivity index (χ2n) is 4.95. The van der Waals surface area contributed by atoms with E-state index in [0.29, 0.717) is 5.88 Å². The van der Waals surface area contributed by atoms with Crippen LogP contribution in [0.5, 0.6) is 0 Å². The molecule has 3 rings (SSSR count). The standard InChI is InChI=1S/C14H16BrClN4S/c1-3-4-10-13-14(19(2)18-10)20(12(7-16)17-13)8-9-5-6-11(15)21-9/h5-6H,3-4,7-8H2,1-2H3. The van der Waals surface area contributed by atoms with Crippen molar-refractivity contribution in [3.8, 4) is 0 Å². The van der Waals surface area contributed by atoms with Gasteiger partial charge in [0.2, 0.25) is 0 Å². The molecule has 3 aromatic rings. The molecule has 21 heavy (non-hydrogen) atoms. The molecule has 3 aromatic heterocycles. The van der Waals surface area contributed by atoms with Crippen molar-refractivity contribution in [3.63, 3.8) is 0 Å². The molecule has 0 saturated heterocycles. The fourth-order valence-corrected chi connectivity index (χ4v) is 4.23. The van der Waals surface area contributed by atoms with Crippen molar-refractivity contribution in [1.82, 2.24) is 19.3 Å². The predicted molar refractivity (Wildman–Crippen MR) is 91.2 cm³/mol. The van der Waals surface area contributed by atoms with Gasteiger partial charge in [-0.1, -0.05) is 13.3 Å². The van der Waals surface area contributed by atoms with E-state index in [0.717, 1.165) is 45.9 Å². The van der Waals surface area contributed by atoms with E-state index < -0.39 is 0 Å². The molecule has 0 aromatic carbocycles. The van der Waals surface area contributed by atoms with Crippen molar-refractivity contribution in [2.24, 2.45) is 7.05 Å². The zero-order valence-electron chi connectivity index (χ0n) is 11.9. The molecule has 0 saturated carbocycles. The number of rotatable bonds is 5. The molecule has 0 radical (unpaired) electrons. The van der Waals surface area contributed by atoms with Crippen LogP contribution in [0.2, 0.25) is 0 Å².